The van der Waals surface area contributed by atoms with Crippen LogP contribution in [0.2, 0.25) is 0 Å². The number of aryl methyl sites for hydroxylation is 1. The van der Waals surface area contributed by atoms with E-state index < -0.39 is 10.9 Å². The Hall–Kier alpha value is -2.89. The number of aromatic nitrogens is 1. The molecule has 0 aliphatic rings. The molecule has 6 nitrogen and oxygen atoms in total. The molecule has 1 atom stereocenters. The first-order valence-corrected chi connectivity index (χ1v) is 6.91. The number of hydrogen-bond acceptors (Lipinski definition) is 6. The van der Waals surface area contributed by atoms with Gasteiger partial charge in [0.1, 0.15) is 11.4 Å². The van der Waals surface area contributed by atoms with Crippen LogP contribution >= 0.6 is 0 Å². The number of nitrogens with one attached hydrogen (secondary N) is 2. The first-order valence-electron chi connectivity index (χ1n) is 6.91. The molecule has 0 saturated carbocycles. The summed E-state index contributed by atoms with van der Waals surface area (Å²) in [5.74, 6) is 0.333. The molecule has 1 heterocycles. The Morgan fingerprint density at radius 2 is 1.77 bits per heavy atom. The Kier molecular flexibility index (Phi) is 3.50. The van der Waals surface area contributed by atoms with E-state index in [1.54, 1.807) is 13.0 Å². The van der Waals surface area contributed by atoms with Crippen molar-refractivity contribution < 1.29 is 4.52 Å². The van der Waals surface area contributed by atoms with Crippen LogP contribution in [0.25, 0.3) is 0 Å². The summed E-state index contributed by atoms with van der Waals surface area (Å²) in [6.45, 7) is 3.70. The minimum atomic E-state index is -0.559. The highest BCUT2D eigenvalue weighted by Gasteiger charge is 2.23. The Morgan fingerprint density at radius 1 is 1.09 bits per heavy atom. The molecule has 6 heteroatoms. The van der Waals surface area contributed by atoms with Gasteiger partial charge in [-0.05, 0) is 19.4 Å². The summed E-state index contributed by atoms with van der Waals surface area (Å²) in [5, 5.41) is 9.61. The fourth-order valence-corrected chi connectivity index (χ4v) is 2.24. The van der Waals surface area contributed by atoms with Crippen molar-refractivity contribution in [3.63, 3.8) is 0 Å². The van der Waals surface area contributed by atoms with Gasteiger partial charge >= 0.3 is 0 Å². The van der Waals surface area contributed by atoms with Gasteiger partial charge in [-0.3, -0.25) is 9.59 Å². The summed E-state index contributed by atoms with van der Waals surface area (Å²) in [5.41, 5.74) is 1.11. The Balaban J connectivity index is 1.82. The molecule has 0 spiro atoms. The second-order valence-corrected chi connectivity index (χ2v) is 5.14. The van der Waals surface area contributed by atoms with E-state index in [4.69, 9.17) is 4.52 Å². The molecule has 0 bridgehead atoms. The Morgan fingerprint density at radius 3 is 2.41 bits per heavy atom. The van der Waals surface area contributed by atoms with Crippen LogP contribution in [0.3, 0.4) is 0 Å². The summed E-state index contributed by atoms with van der Waals surface area (Å²) in [6.07, 6.45) is 0. The minimum absolute atomic E-state index is 0.0958. The van der Waals surface area contributed by atoms with Crippen molar-refractivity contribution in [3.05, 3.63) is 68.1 Å². The van der Waals surface area contributed by atoms with Gasteiger partial charge in [0, 0.05) is 12.1 Å². The van der Waals surface area contributed by atoms with Gasteiger partial charge in [0.05, 0.1) is 5.69 Å². The van der Waals surface area contributed by atoms with Crippen molar-refractivity contribution in [2.45, 2.75) is 19.9 Å². The lowest BCUT2D eigenvalue weighted by molar-refractivity contribution is 0.430. The highest BCUT2D eigenvalue weighted by atomic mass is 16.5. The Labute approximate surface area is 126 Å². The van der Waals surface area contributed by atoms with Gasteiger partial charge in [-0.2, -0.15) is 0 Å². The molecule has 0 aliphatic carbocycles. The molecule has 22 heavy (non-hydrogen) atoms. The van der Waals surface area contributed by atoms with Gasteiger partial charge in [-0.15, -0.1) is 0 Å². The van der Waals surface area contributed by atoms with Crippen LogP contribution in [-0.4, -0.2) is 5.16 Å². The number of hydrogen-bond donors (Lipinski definition) is 2. The topological polar surface area (TPSA) is 84.2 Å². The second-order valence-electron chi connectivity index (χ2n) is 5.14. The number of benzene rings is 1. The molecule has 112 valence electrons. The molecule has 0 unspecified atom stereocenters. The lowest BCUT2D eigenvalue weighted by Gasteiger charge is -2.19. The average molecular weight is 297 g/mol. The highest BCUT2D eigenvalue weighted by Crippen LogP contribution is 2.25. The van der Waals surface area contributed by atoms with Crippen molar-refractivity contribution >= 4 is 17.3 Å². The fourth-order valence-electron chi connectivity index (χ4n) is 2.24. The summed E-state index contributed by atoms with van der Waals surface area (Å²) < 4.78 is 5.01. The maximum atomic E-state index is 11.8. The van der Waals surface area contributed by atoms with Crippen LogP contribution in [0, 0.1) is 6.92 Å². The first-order chi connectivity index (χ1) is 10.6. The molecule has 0 radical (unpaired) electrons. The lowest BCUT2D eigenvalue weighted by atomic mass is 10.1. The van der Waals surface area contributed by atoms with Crippen molar-refractivity contribution in [1.29, 1.82) is 0 Å². The van der Waals surface area contributed by atoms with Crippen LogP contribution < -0.4 is 21.5 Å². The normalized spacial score (nSPS) is 12.3. The summed E-state index contributed by atoms with van der Waals surface area (Å²) >= 11 is 0. The fraction of sp³-hybridized carbons (Fsp3) is 0.188. The molecule has 3 aromatic rings. The van der Waals surface area contributed by atoms with Crippen LogP contribution in [0.15, 0.2) is 50.5 Å². The largest absolute Gasteiger partial charge is 0.373 e. The Bertz CT molecular complexity index is 860. The van der Waals surface area contributed by atoms with E-state index in [-0.39, 0.29) is 17.4 Å². The maximum absolute atomic E-state index is 11.8. The molecule has 2 aromatic carbocycles. The summed E-state index contributed by atoms with van der Waals surface area (Å²) in [4.78, 5) is 23.5. The molecule has 0 fully saturated rings. The van der Waals surface area contributed by atoms with Gasteiger partial charge < -0.3 is 15.2 Å². The van der Waals surface area contributed by atoms with E-state index in [0.717, 1.165) is 5.56 Å². The lowest BCUT2D eigenvalue weighted by Crippen LogP contribution is -2.37. The zero-order valence-electron chi connectivity index (χ0n) is 12.2. The van der Waals surface area contributed by atoms with Crippen LogP contribution in [0.5, 0.6) is 0 Å². The monoisotopic (exact) mass is 297 g/mol. The van der Waals surface area contributed by atoms with E-state index in [2.05, 4.69) is 15.8 Å². The van der Waals surface area contributed by atoms with Crippen LogP contribution in [-0.2, 0) is 0 Å². The van der Waals surface area contributed by atoms with Gasteiger partial charge in [-0.1, -0.05) is 35.5 Å². The standard InChI is InChI=1S/C16H15N3O3/c1-9-8-12(22-19-9)18-14-13(15(20)16(14)21)17-10(2)11-6-4-3-5-7-11/h3-8,10,17-18H,1-2H3/t10-/m1/s1. The van der Waals surface area contributed by atoms with E-state index in [9.17, 15) is 9.59 Å². The van der Waals surface area contributed by atoms with Crippen molar-refractivity contribution in [2.24, 2.45) is 0 Å². The predicted molar refractivity (Wildman–Crippen MR) is 84.4 cm³/mol. The third kappa shape index (κ3) is 2.50. The zero-order valence-corrected chi connectivity index (χ0v) is 12.2. The third-order valence-corrected chi connectivity index (χ3v) is 3.45. The first kappa shape index (κ1) is 14.1. The minimum Gasteiger partial charge on any atom is -0.373 e. The smallest absolute Gasteiger partial charge is 0.253 e. The quantitative estimate of drug-likeness (QED) is 0.704. The van der Waals surface area contributed by atoms with Crippen LogP contribution in [0.4, 0.5) is 17.3 Å². The predicted octanol–water partition coefficient (Wildman–Crippen LogP) is 2.50. The highest BCUT2D eigenvalue weighted by molar-refractivity contribution is 5.77. The molecule has 1 aromatic heterocycles. The van der Waals surface area contributed by atoms with Gasteiger partial charge in [-0.25, -0.2) is 0 Å². The van der Waals surface area contributed by atoms with Gasteiger partial charge in [0.15, 0.2) is 0 Å². The molecular weight excluding hydrogens is 282 g/mol. The molecule has 2 N–H and O–H groups in total. The number of rotatable bonds is 5. The maximum Gasteiger partial charge on any atom is 0.253 e. The second kappa shape index (κ2) is 5.48. The summed E-state index contributed by atoms with van der Waals surface area (Å²) in [7, 11) is 0. The van der Waals surface area contributed by atoms with Crippen molar-refractivity contribution in [3.8, 4) is 0 Å². The van der Waals surface area contributed by atoms with E-state index in [1.165, 1.54) is 0 Å². The van der Waals surface area contributed by atoms with E-state index in [0.29, 0.717) is 11.6 Å². The number of nitrogens with zero attached hydrogens (tertiary/aromatic N) is 1. The van der Waals surface area contributed by atoms with Gasteiger partial charge in [0.25, 0.3) is 10.9 Å². The average Bonchev–Trinajstić information content (AvgIpc) is 2.96. The molecule has 0 amide bonds. The van der Waals surface area contributed by atoms with Gasteiger partial charge in [0.2, 0.25) is 5.88 Å². The van der Waals surface area contributed by atoms with Crippen molar-refractivity contribution in [2.75, 3.05) is 10.6 Å². The molecule has 0 aliphatic heterocycles. The molecule has 0 saturated heterocycles. The zero-order chi connectivity index (χ0) is 15.7. The van der Waals surface area contributed by atoms with E-state index in [1.807, 2.05) is 37.3 Å². The SMILES string of the molecule is Cc1cc(Nc2c(N[C@H](C)c3ccccc3)c(=O)c2=O)on1. The molecule has 3 rings (SSSR count). The summed E-state index contributed by atoms with van der Waals surface area (Å²) in [6, 6.07) is 11.2. The van der Waals surface area contributed by atoms with Crippen molar-refractivity contribution in [1.82, 2.24) is 5.16 Å². The molecular formula is C16H15N3O3. The third-order valence-electron chi connectivity index (χ3n) is 3.45. The number of anilines is 3. The van der Waals surface area contributed by atoms with Crippen LogP contribution in [0.1, 0.15) is 24.2 Å². The van der Waals surface area contributed by atoms with E-state index >= 15 is 0 Å².